The highest BCUT2D eigenvalue weighted by Gasteiger charge is 2.38. The van der Waals surface area contributed by atoms with Crippen molar-refractivity contribution in [1.82, 2.24) is 5.32 Å². The second-order valence-electron chi connectivity index (χ2n) is 4.38. The van der Waals surface area contributed by atoms with E-state index in [1.165, 1.54) is 0 Å². The number of carbonyl (C=O) groups excluding carboxylic acids is 1. The molecule has 1 saturated heterocycles. The lowest BCUT2D eigenvalue weighted by Crippen LogP contribution is -2.60. The van der Waals surface area contributed by atoms with Crippen LogP contribution in [0, 0.1) is 5.92 Å². The van der Waals surface area contributed by atoms with Crippen molar-refractivity contribution in [2.75, 3.05) is 19.8 Å². The van der Waals surface area contributed by atoms with Crippen LogP contribution in [0.3, 0.4) is 0 Å². The van der Waals surface area contributed by atoms with Crippen LogP contribution in [0.25, 0.3) is 0 Å². The van der Waals surface area contributed by atoms with E-state index in [4.69, 9.17) is 10.5 Å². The molecule has 4 heteroatoms. The molecular weight excluding hydrogens is 180 g/mol. The van der Waals surface area contributed by atoms with Gasteiger partial charge in [-0.25, -0.2) is 0 Å². The molecule has 1 heterocycles. The molecule has 0 aliphatic carbocycles. The third-order valence-corrected chi connectivity index (χ3v) is 2.56. The summed E-state index contributed by atoms with van der Waals surface area (Å²) in [6.45, 7) is 6.15. The Kier molecular flexibility index (Phi) is 3.89. The fourth-order valence-electron chi connectivity index (χ4n) is 1.61. The lowest BCUT2D eigenvalue weighted by molar-refractivity contribution is -0.130. The molecule has 0 saturated carbocycles. The molecule has 0 radical (unpaired) electrons. The summed E-state index contributed by atoms with van der Waals surface area (Å²) in [5.41, 5.74) is 4.78. The summed E-state index contributed by atoms with van der Waals surface area (Å²) >= 11 is 0. The first-order valence-electron chi connectivity index (χ1n) is 5.19. The lowest BCUT2D eigenvalue weighted by Gasteiger charge is -2.35. The quantitative estimate of drug-likeness (QED) is 0.684. The van der Waals surface area contributed by atoms with Crippen molar-refractivity contribution in [3.05, 3.63) is 0 Å². The molecule has 4 nitrogen and oxygen atoms in total. The number of primary amides is 1. The maximum absolute atomic E-state index is 11.4. The van der Waals surface area contributed by atoms with E-state index in [1.54, 1.807) is 0 Å². The SMILES string of the molecule is CC(C)CNC1(C(N)=O)CCCOC1. The molecule has 82 valence electrons. The molecule has 0 aromatic rings. The van der Waals surface area contributed by atoms with Gasteiger partial charge in [-0.15, -0.1) is 0 Å². The van der Waals surface area contributed by atoms with Gasteiger partial charge in [-0.3, -0.25) is 4.79 Å². The van der Waals surface area contributed by atoms with Gasteiger partial charge in [0.05, 0.1) is 6.61 Å². The number of hydrogen-bond donors (Lipinski definition) is 2. The van der Waals surface area contributed by atoms with Gasteiger partial charge >= 0.3 is 0 Å². The van der Waals surface area contributed by atoms with Crippen LogP contribution >= 0.6 is 0 Å². The number of ether oxygens (including phenoxy) is 1. The molecule has 0 bridgehead atoms. The van der Waals surface area contributed by atoms with Crippen LogP contribution in [0.4, 0.5) is 0 Å². The van der Waals surface area contributed by atoms with Crippen molar-refractivity contribution >= 4 is 5.91 Å². The van der Waals surface area contributed by atoms with Crippen molar-refractivity contribution in [2.24, 2.45) is 11.7 Å². The molecular formula is C10H20N2O2. The average Bonchev–Trinajstić information content (AvgIpc) is 2.16. The van der Waals surface area contributed by atoms with Crippen LogP contribution in [0.15, 0.2) is 0 Å². The Hall–Kier alpha value is -0.610. The van der Waals surface area contributed by atoms with E-state index in [1.807, 2.05) is 0 Å². The summed E-state index contributed by atoms with van der Waals surface area (Å²) < 4.78 is 5.32. The van der Waals surface area contributed by atoms with Gasteiger partial charge in [0.15, 0.2) is 0 Å². The molecule has 1 aliphatic heterocycles. The van der Waals surface area contributed by atoms with E-state index in [2.05, 4.69) is 19.2 Å². The van der Waals surface area contributed by atoms with Gasteiger partial charge in [0.1, 0.15) is 5.54 Å². The normalized spacial score (nSPS) is 27.9. The molecule has 0 spiro atoms. The third kappa shape index (κ3) is 2.69. The summed E-state index contributed by atoms with van der Waals surface area (Å²) in [6.07, 6.45) is 1.68. The molecule has 3 N–H and O–H groups in total. The zero-order chi connectivity index (χ0) is 10.6. The molecule has 0 aromatic carbocycles. The van der Waals surface area contributed by atoms with Crippen LogP contribution in [-0.4, -0.2) is 31.2 Å². The Morgan fingerprint density at radius 1 is 1.64 bits per heavy atom. The smallest absolute Gasteiger partial charge is 0.240 e. The van der Waals surface area contributed by atoms with E-state index in [0.29, 0.717) is 12.5 Å². The molecule has 1 fully saturated rings. The predicted octanol–water partition coefficient (Wildman–Crippen LogP) is 0.267. The molecule has 1 atom stereocenters. The minimum absolute atomic E-state index is 0.294. The highest BCUT2D eigenvalue weighted by molar-refractivity contribution is 5.85. The molecule has 0 aromatic heterocycles. The highest BCUT2D eigenvalue weighted by Crippen LogP contribution is 2.19. The minimum Gasteiger partial charge on any atom is -0.379 e. The van der Waals surface area contributed by atoms with E-state index < -0.39 is 5.54 Å². The summed E-state index contributed by atoms with van der Waals surface area (Å²) in [7, 11) is 0. The van der Waals surface area contributed by atoms with Gasteiger partial charge in [-0.1, -0.05) is 13.8 Å². The average molecular weight is 200 g/mol. The third-order valence-electron chi connectivity index (χ3n) is 2.56. The Bertz CT molecular complexity index is 198. The Morgan fingerprint density at radius 3 is 2.79 bits per heavy atom. The van der Waals surface area contributed by atoms with E-state index >= 15 is 0 Å². The van der Waals surface area contributed by atoms with Crippen LogP contribution < -0.4 is 11.1 Å². The molecule has 1 rings (SSSR count). The highest BCUT2D eigenvalue weighted by atomic mass is 16.5. The number of hydrogen-bond acceptors (Lipinski definition) is 3. The second-order valence-corrected chi connectivity index (χ2v) is 4.38. The van der Waals surface area contributed by atoms with Crippen molar-refractivity contribution in [3.63, 3.8) is 0 Å². The predicted molar refractivity (Wildman–Crippen MR) is 54.8 cm³/mol. The standard InChI is InChI=1S/C10H20N2O2/c1-8(2)6-12-10(9(11)13)4-3-5-14-7-10/h8,12H,3-7H2,1-2H3,(H2,11,13). The number of nitrogens with two attached hydrogens (primary N) is 1. The Morgan fingerprint density at radius 2 is 2.36 bits per heavy atom. The van der Waals surface area contributed by atoms with Crippen molar-refractivity contribution in [2.45, 2.75) is 32.2 Å². The van der Waals surface area contributed by atoms with Gasteiger partial charge < -0.3 is 15.8 Å². The van der Waals surface area contributed by atoms with Crippen LogP contribution in [0.5, 0.6) is 0 Å². The van der Waals surface area contributed by atoms with Crippen LogP contribution in [0.1, 0.15) is 26.7 Å². The van der Waals surface area contributed by atoms with E-state index in [-0.39, 0.29) is 5.91 Å². The van der Waals surface area contributed by atoms with Crippen LogP contribution in [-0.2, 0) is 9.53 Å². The summed E-state index contributed by atoms with van der Waals surface area (Å²) in [4.78, 5) is 11.4. The largest absolute Gasteiger partial charge is 0.379 e. The first-order chi connectivity index (χ1) is 6.57. The summed E-state index contributed by atoms with van der Waals surface area (Å²) in [5.74, 6) is 0.214. The van der Waals surface area contributed by atoms with Gasteiger partial charge in [-0.2, -0.15) is 0 Å². The summed E-state index contributed by atoms with van der Waals surface area (Å²) in [5, 5.41) is 3.23. The van der Waals surface area contributed by atoms with E-state index in [9.17, 15) is 4.79 Å². The fourth-order valence-corrected chi connectivity index (χ4v) is 1.61. The lowest BCUT2D eigenvalue weighted by atomic mass is 9.91. The minimum atomic E-state index is -0.622. The first kappa shape index (κ1) is 11.5. The zero-order valence-corrected chi connectivity index (χ0v) is 9.01. The fraction of sp³-hybridized carbons (Fsp3) is 0.900. The number of nitrogens with one attached hydrogen (secondary N) is 1. The van der Waals surface area contributed by atoms with Crippen molar-refractivity contribution in [1.29, 1.82) is 0 Å². The number of carbonyl (C=O) groups is 1. The maximum atomic E-state index is 11.4. The number of amides is 1. The van der Waals surface area contributed by atoms with Gasteiger partial charge in [0.25, 0.3) is 0 Å². The van der Waals surface area contributed by atoms with Gasteiger partial charge in [0.2, 0.25) is 5.91 Å². The van der Waals surface area contributed by atoms with E-state index in [0.717, 1.165) is 26.0 Å². The molecule has 1 unspecified atom stereocenters. The monoisotopic (exact) mass is 200 g/mol. The first-order valence-corrected chi connectivity index (χ1v) is 5.19. The van der Waals surface area contributed by atoms with Gasteiger partial charge in [0, 0.05) is 6.61 Å². The number of rotatable bonds is 4. The maximum Gasteiger partial charge on any atom is 0.240 e. The van der Waals surface area contributed by atoms with Crippen LogP contribution in [0.2, 0.25) is 0 Å². The zero-order valence-electron chi connectivity index (χ0n) is 9.01. The molecule has 1 amide bonds. The van der Waals surface area contributed by atoms with Crippen molar-refractivity contribution < 1.29 is 9.53 Å². The second kappa shape index (κ2) is 4.75. The summed E-state index contributed by atoms with van der Waals surface area (Å²) in [6, 6.07) is 0. The Labute approximate surface area is 85.2 Å². The topological polar surface area (TPSA) is 64.3 Å². The van der Waals surface area contributed by atoms with Gasteiger partial charge in [-0.05, 0) is 25.3 Å². The Balaban J connectivity index is 2.56. The molecule has 1 aliphatic rings. The molecule has 14 heavy (non-hydrogen) atoms. The van der Waals surface area contributed by atoms with Crippen molar-refractivity contribution in [3.8, 4) is 0 Å².